The van der Waals surface area contributed by atoms with E-state index in [2.05, 4.69) is 58.5 Å². The number of likely N-dealkylation sites (tertiary alicyclic amines) is 1. The molecule has 3 aromatic rings. The monoisotopic (exact) mass is 665 g/mol. The number of hydrogen-bond acceptors (Lipinski definition) is 7. The second-order valence-electron chi connectivity index (χ2n) is 13.3. The van der Waals surface area contributed by atoms with Crippen LogP contribution in [0.5, 0.6) is 11.5 Å². The number of alkyl halides is 2. The molecule has 1 amide bonds. The first-order valence-electron chi connectivity index (χ1n) is 14.6. The van der Waals surface area contributed by atoms with E-state index in [1.807, 2.05) is 0 Å². The Bertz CT molecular complexity index is 1590. The van der Waals surface area contributed by atoms with Crippen LogP contribution in [0.1, 0.15) is 62.1 Å². The van der Waals surface area contributed by atoms with Crippen molar-refractivity contribution in [2.75, 3.05) is 18.4 Å². The molecule has 6 rings (SSSR count). The molecule has 13 heteroatoms. The Hall–Kier alpha value is -2.64. The van der Waals surface area contributed by atoms with Gasteiger partial charge in [-0.15, -0.1) is 8.78 Å². The van der Waals surface area contributed by atoms with Gasteiger partial charge in [0.15, 0.2) is 24.9 Å². The fraction of sp³-hybridized carbons (Fsp3) is 0.484. The van der Waals surface area contributed by atoms with Crippen LogP contribution in [0.15, 0.2) is 42.6 Å². The van der Waals surface area contributed by atoms with Gasteiger partial charge in [-0.25, -0.2) is 9.37 Å². The number of nitrogens with zero attached hydrogens (tertiary/aromatic N) is 2. The van der Waals surface area contributed by atoms with Gasteiger partial charge in [0.05, 0.1) is 17.6 Å². The van der Waals surface area contributed by atoms with E-state index in [0.717, 1.165) is 11.3 Å². The van der Waals surface area contributed by atoms with E-state index in [1.165, 1.54) is 29.5 Å². The van der Waals surface area contributed by atoms with Crippen molar-refractivity contribution in [3.05, 3.63) is 69.4 Å². The number of carbonyl (C=O) groups is 1. The van der Waals surface area contributed by atoms with Crippen LogP contribution >= 0.6 is 22.9 Å². The molecule has 1 aromatic heterocycles. The van der Waals surface area contributed by atoms with Crippen molar-refractivity contribution in [2.24, 2.45) is 0 Å². The first-order valence-corrected chi connectivity index (χ1v) is 18.7. The molecule has 3 aliphatic rings. The zero-order valence-corrected chi connectivity index (χ0v) is 27.8. The maximum absolute atomic E-state index is 15.4. The van der Waals surface area contributed by atoms with Crippen molar-refractivity contribution >= 4 is 42.3 Å². The molecule has 0 bridgehead atoms. The van der Waals surface area contributed by atoms with Gasteiger partial charge in [0.25, 0.3) is 0 Å². The zero-order chi connectivity index (χ0) is 31.7. The zero-order valence-electron chi connectivity index (χ0n) is 25.2. The Balaban J connectivity index is 1.22. The third-order valence-electron chi connectivity index (χ3n) is 9.22. The van der Waals surface area contributed by atoms with E-state index in [4.69, 9.17) is 16.0 Å². The van der Waals surface area contributed by atoms with E-state index in [9.17, 15) is 13.6 Å². The number of thiazole rings is 1. The van der Waals surface area contributed by atoms with Crippen LogP contribution in [0.25, 0.3) is 0 Å². The number of ether oxygens (including phenoxy) is 2. The normalized spacial score (nSPS) is 21.3. The lowest BCUT2D eigenvalue weighted by molar-refractivity contribution is -0.286. The molecule has 1 N–H and O–H groups in total. The minimum absolute atomic E-state index is 0.0252. The van der Waals surface area contributed by atoms with Crippen LogP contribution in [-0.4, -0.2) is 49.6 Å². The summed E-state index contributed by atoms with van der Waals surface area (Å²) in [5.74, 6) is -0.876. The lowest BCUT2D eigenvalue weighted by Gasteiger charge is -2.38. The number of benzene rings is 2. The van der Waals surface area contributed by atoms with E-state index in [1.54, 1.807) is 24.4 Å². The number of halogens is 4. The minimum Gasteiger partial charge on any atom is -0.413 e. The highest BCUT2D eigenvalue weighted by Gasteiger charge is 2.53. The molecule has 44 heavy (non-hydrogen) atoms. The standard InChI is InChI=1S/C31H35ClF3N3O4SSi/c1-29(2,3)44(4,5)42-20-10-13-38(17-20)26(21-8-7-19(32)15-22(21)33)25-16-36-28(43-25)37-27(39)30(11-12-30)18-6-9-23-24(14-18)41-31(34,35)40-23/h6-9,14-16,20,26H,10-13,17H2,1-5H3,(H,36,37,39)/t20?,26-/m1/s1. The van der Waals surface area contributed by atoms with E-state index in [-0.39, 0.29) is 28.5 Å². The fourth-order valence-electron chi connectivity index (χ4n) is 5.64. The van der Waals surface area contributed by atoms with Crippen molar-refractivity contribution in [2.45, 2.75) is 82.0 Å². The first-order chi connectivity index (χ1) is 20.6. The van der Waals surface area contributed by atoms with Crippen LogP contribution < -0.4 is 14.8 Å². The highest BCUT2D eigenvalue weighted by molar-refractivity contribution is 7.15. The average molecular weight is 666 g/mol. The molecule has 0 spiro atoms. The molecule has 2 aliphatic heterocycles. The molecule has 2 aromatic carbocycles. The maximum atomic E-state index is 15.4. The molecule has 0 radical (unpaired) electrons. The second-order valence-corrected chi connectivity index (χ2v) is 19.5. The fourth-order valence-corrected chi connectivity index (χ4v) is 8.14. The third kappa shape index (κ3) is 5.99. The Morgan fingerprint density at radius 2 is 1.91 bits per heavy atom. The highest BCUT2D eigenvalue weighted by Crippen LogP contribution is 2.52. The SMILES string of the molecule is CC(C)(C)[Si](C)(C)OC1CCN([C@@H](c2cnc(NC(=O)C3(c4ccc5c(c4)OC(F)(F)O5)CC3)s2)c2ccc(Cl)cc2F)C1. The summed E-state index contributed by atoms with van der Waals surface area (Å²) >= 11 is 7.37. The van der Waals surface area contributed by atoms with Gasteiger partial charge in [0.1, 0.15) is 5.82 Å². The summed E-state index contributed by atoms with van der Waals surface area (Å²) in [6, 6.07) is 8.67. The van der Waals surface area contributed by atoms with Crippen LogP contribution in [0.3, 0.4) is 0 Å². The number of rotatable bonds is 8. The maximum Gasteiger partial charge on any atom is 0.586 e. The number of hydrogen-bond donors (Lipinski definition) is 1. The lowest BCUT2D eigenvalue weighted by Crippen LogP contribution is -2.44. The number of carbonyl (C=O) groups excluding carboxylic acids is 1. The van der Waals surface area contributed by atoms with Gasteiger partial charge in [-0.05, 0) is 67.2 Å². The highest BCUT2D eigenvalue weighted by atomic mass is 35.5. The minimum atomic E-state index is -3.73. The average Bonchev–Trinajstić information content (AvgIpc) is 3.22. The molecular formula is C31H35ClF3N3O4SSi. The molecule has 236 valence electrons. The largest absolute Gasteiger partial charge is 0.586 e. The Morgan fingerprint density at radius 3 is 2.59 bits per heavy atom. The molecule has 2 atom stereocenters. The summed E-state index contributed by atoms with van der Waals surface area (Å²) in [4.78, 5) is 21.0. The molecule has 3 heterocycles. The summed E-state index contributed by atoms with van der Waals surface area (Å²) < 4.78 is 58.3. The van der Waals surface area contributed by atoms with E-state index in [0.29, 0.717) is 47.2 Å². The first kappa shape index (κ1) is 31.3. The van der Waals surface area contributed by atoms with Crippen molar-refractivity contribution in [3.8, 4) is 11.5 Å². The van der Waals surface area contributed by atoms with Gasteiger partial charge >= 0.3 is 6.29 Å². The molecule has 2 fully saturated rings. The van der Waals surface area contributed by atoms with Crippen molar-refractivity contribution in [3.63, 3.8) is 0 Å². The molecule has 7 nitrogen and oxygen atoms in total. The van der Waals surface area contributed by atoms with E-state index >= 15 is 4.39 Å². The van der Waals surface area contributed by atoms with E-state index < -0.39 is 31.9 Å². The van der Waals surface area contributed by atoms with Gasteiger partial charge < -0.3 is 19.2 Å². The molecule has 1 unspecified atom stereocenters. The molecular weight excluding hydrogens is 631 g/mol. The lowest BCUT2D eigenvalue weighted by atomic mass is 9.94. The number of anilines is 1. The summed E-state index contributed by atoms with van der Waals surface area (Å²) in [6.07, 6.45) is -0.112. The summed E-state index contributed by atoms with van der Waals surface area (Å²) in [7, 11) is -2.01. The van der Waals surface area contributed by atoms with Crippen molar-refractivity contribution in [1.82, 2.24) is 9.88 Å². The Labute approximate surface area is 264 Å². The van der Waals surface area contributed by atoms with Crippen LogP contribution in [0.2, 0.25) is 23.2 Å². The third-order valence-corrected chi connectivity index (χ3v) is 15.0. The second kappa shape index (κ2) is 11.0. The number of amides is 1. The topological polar surface area (TPSA) is 72.9 Å². The van der Waals surface area contributed by atoms with Crippen LogP contribution in [0, 0.1) is 5.82 Å². The van der Waals surface area contributed by atoms with Crippen molar-refractivity contribution in [1.29, 1.82) is 0 Å². The van der Waals surface area contributed by atoms with Gasteiger partial charge in [-0.2, -0.15) is 0 Å². The smallest absolute Gasteiger partial charge is 0.413 e. The quantitative estimate of drug-likeness (QED) is 0.245. The molecule has 1 saturated carbocycles. The summed E-state index contributed by atoms with van der Waals surface area (Å²) in [5, 5.41) is 3.67. The van der Waals surface area contributed by atoms with Crippen LogP contribution in [-0.2, 0) is 14.6 Å². The predicted molar refractivity (Wildman–Crippen MR) is 166 cm³/mol. The van der Waals surface area contributed by atoms with Gasteiger partial charge in [0.2, 0.25) is 5.91 Å². The van der Waals surface area contributed by atoms with Crippen LogP contribution in [0.4, 0.5) is 18.3 Å². The number of nitrogens with one attached hydrogen (secondary N) is 1. The predicted octanol–water partition coefficient (Wildman–Crippen LogP) is 8.11. The summed E-state index contributed by atoms with van der Waals surface area (Å²) in [6.45, 7) is 12.4. The number of aromatic nitrogens is 1. The molecule has 1 saturated heterocycles. The summed E-state index contributed by atoms with van der Waals surface area (Å²) in [5.41, 5.74) is 0.157. The van der Waals surface area contributed by atoms with Gasteiger partial charge in [-0.1, -0.05) is 55.8 Å². The Morgan fingerprint density at radius 1 is 1.18 bits per heavy atom. The van der Waals surface area contributed by atoms with Gasteiger partial charge in [-0.3, -0.25) is 9.69 Å². The van der Waals surface area contributed by atoms with Crippen molar-refractivity contribution < 1.29 is 31.9 Å². The number of fused-ring (bicyclic) bond motifs is 1. The molecule has 1 aliphatic carbocycles. The van der Waals surface area contributed by atoms with Gasteiger partial charge in [0, 0.05) is 34.7 Å². The Kier molecular flexibility index (Phi) is 7.84.